The monoisotopic (exact) mass is 262 g/mol. The van der Waals surface area contributed by atoms with Gasteiger partial charge in [0, 0.05) is 0 Å². The average Bonchev–Trinajstić information content (AvgIpc) is 2.69. The minimum atomic E-state index is -0.250. The van der Waals surface area contributed by atoms with E-state index in [2.05, 4.69) is 19.9 Å². The van der Waals surface area contributed by atoms with Gasteiger partial charge in [0.1, 0.15) is 5.82 Å². The Hall–Kier alpha value is -2.42. The maximum Gasteiger partial charge on any atom is 0.266 e. The molecule has 0 atom stereocenters. The van der Waals surface area contributed by atoms with Crippen LogP contribution >= 0.6 is 0 Å². The summed E-state index contributed by atoms with van der Waals surface area (Å²) in [6.07, 6.45) is 0. The molecule has 0 N–H and O–H groups in total. The van der Waals surface area contributed by atoms with Gasteiger partial charge in [0.25, 0.3) is 5.56 Å². The van der Waals surface area contributed by atoms with Crippen LogP contribution in [0, 0.1) is 0 Å². The molecular weight excluding hydrogens is 248 g/mol. The van der Waals surface area contributed by atoms with E-state index in [1.807, 2.05) is 42.5 Å². The average molecular weight is 262 g/mol. The van der Waals surface area contributed by atoms with Crippen molar-refractivity contribution < 1.29 is 0 Å². The fourth-order valence-corrected chi connectivity index (χ4v) is 3.09. The number of hydrogen-bond acceptors (Lipinski definition) is 2. The van der Waals surface area contributed by atoms with Crippen molar-refractivity contribution >= 4 is 10.9 Å². The van der Waals surface area contributed by atoms with Crippen molar-refractivity contribution in [2.24, 2.45) is 0 Å². The number of para-hydroxylation sites is 2. The largest absolute Gasteiger partial charge is 0.268 e. The molecule has 0 bridgehead atoms. The molecule has 98 valence electrons. The lowest BCUT2D eigenvalue weighted by Gasteiger charge is -2.18. The Morgan fingerprint density at radius 1 is 1.00 bits per heavy atom. The molecule has 3 aromatic rings. The van der Waals surface area contributed by atoms with Gasteiger partial charge in [-0.2, -0.15) is 0 Å². The third-order valence-corrected chi connectivity index (χ3v) is 4.15. The van der Waals surface area contributed by atoms with Crippen LogP contribution in [0.5, 0.6) is 0 Å². The molecule has 0 saturated carbocycles. The van der Waals surface area contributed by atoms with Crippen LogP contribution in [0.3, 0.4) is 0 Å². The molecule has 0 saturated heterocycles. The summed E-state index contributed by atoms with van der Waals surface area (Å²) in [6, 6.07) is 15.6. The van der Waals surface area contributed by atoms with E-state index in [0.717, 1.165) is 22.6 Å². The van der Waals surface area contributed by atoms with Gasteiger partial charge in [-0.25, -0.2) is 4.98 Å². The quantitative estimate of drug-likeness (QED) is 0.624. The first-order chi connectivity index (χ1) is 9.60. The molecule has 20 heavy (non-hydrogen) atoms. The van der Waals surface area contributed by atoms with Gasteiger partial charge in [0.05, 0.1) is 22.0 Å². The number of nitrogens with zero attached hydrogens (tertiary/aromatic N) is 2. The standard InChI is InChI=1S/C17H14N2O/c1-17(2)12-8-4-6-10-14(12)19-15(20)11-7-3-5-9-13(11)18-16(17)19/h3-10H,1-2H3. The Bertz CT molecular complexity index is 906. The van der Waals surface area contributed by atoms with Crippen molar-refractivity contribution in [1.29, 1.82) is 0 Å². The zero-order valence-corrected chi connectivity index (χ0v) is 11.4. The van der Waals surface area contributed by atoms with Gasteiger partial charge < -0.3 is 0 Å². The molecule has 1 aliphatic heterocycles. The first-order valence-electron chi connectivity index (χ1n) is 6.73. The molecule has 4 rings (SSSR count). The minimum absolute atomic E-state index is 0.0172. The predicted octanol–water partition coefficient (Wildman–Crippen LogP) is 3.03. The van der Waals surface area contributed by atoms with E-state index < -0.39 is 0 Å². The molecule has 3 nitrogen and oxygen atoms in total. The van der Waals surface area contributed by atoms with Gasteiger partial charge >= 0.3 is 0 Å². The topological polar surface area (TPSA) is 34.9 Å². The van der Waals surface area contributed by atoms with Crippen LogP contribution in [0.25, 0.3) is 16.6 Å². The lowest BCUT2D eigenvalue weighted by molar-refractivity contribution is 0.610. The molecule has 0 amide bonds. The molecule has 0 spiro atoms. The van der Waals surface area contributed by atoms with Crippen LogP contribution < -0.4 is 5.56 Å². The SMILES string of the molecule is CC1(C)c2ccccc2-n2c1nc1ccccc1c2=O. The molecule has 3 heteroatoms. The fourth-order valence-electron chi connectivity index (χ4n) is 3.09. The summed E-state index contributed by atoms with van der Waals surface area (Å²) in [5, 5.41) is 0.670. The number of hydrogen-bond donors (Lipinski definition) is 0. The van der Waals surface area contributed by atoms with Crippen molar-refractivity contribution in [3.63, 3.8) is 0 Å². The van der Waals surface area contributed by atoms with Crippen LogP contribution in [0.4, 0.5) is 0 Å². The highest BCUT2D eigenvalue weighted by atomic mass is 16.1. The highest BCUT2D eigenvalue weighted by Crippen LogP contribution is 2.40. The maximum absolute atomic E-state index is 12.8. The van der Waals surface area contributed by atoms with E-state index in [4.69, 9.17) is 4.98 Å². The first-order valence-corrected chi connectivity index (χ1v) is 6.73. The number of aromatic nitrogens is 2. The van der Waals surface area contributed by atoms with E-state index in [1.165, 1.54) is 0 Å². The van der Waals surface area contributed by atoms with Crippen LogP contribution in [0.1, 0.15) is 25.2 Å². The molecule has 0 radical (unpaired) electrons. The maximum atomic E-state index is 12.8. The Balaban J connectivity index is 2.24. The lowest BCUT2D eigenvalue weighted by Crippen LogP contribution is -2.25. The van der Waals surface area contributed by atoms with Gasteiger partial charge in [-0.05, 0) is 37.6 Å². The van der Waals surface area contributed by atoms with E-state index in [9.17, 15) is 4.79 Å². The second-order valence-corrected chi connectivity index (χ2v) is 5.74. The van der Waals surface area contributed by atoms with E-state index in [0.29, 0.717) is 5.39 Å². The Kier molecular flexibility index (Phi) is 2.04. The Morgan fingerprint density at radius 3 is 2.55 bits per heavy atom. The lowest BCUT2D eigenvalue weighted by atomic mass is 9.85. The number of rotatable bonds is 0. The highest BCUT2D eigenvalue weighted by molar-refractivity contribution is 5.79. The van der Waals surface area contributed by atoms with Crippen LogP contribution in [-0.4, -0.2) is 9.55 Å². The summed E-state index contributed by atoms with van der Waals surface area (Å²) in [6.45, 7) is 4.23. The number of fused-ring (bicyclic) bond motifs is 4. The van der Waals surface area contributed by atoms with Gasteiger partial charge in [0.2, 0.25) is 0 Å². The third-order valence-electron chi connectivity index (χ3n) is 4.15. The molecule has 2 heterocycles. The van der Waals surface area contributed by atoms with Crippen LogP contribution in [0.2, 0.25) is 0 Å². The summed E-state index contributed by atoms with van der Waals surface area (Å²) >= 11 is 0. The zero-order chi connectivity index (χ0) is 13.9. The van der Waals surface area contributed by atoms with Crippen molar-refractivity contribution in [1.82, 2.24) is 9.55 Å². The predicted molar refractivity (Wildman–Crippen MR) is 79.5 cm³/mol. The summed E-state index contributed by atoms with van der Waals surface area (Å²) in [5.74, 6) is 0.822. The zero-order valence-electron chi connectivity index (χ0n) is 11.4. The Morgan fingerprint density at radius 2 is 1.70 bits per heavy atom. The normalized spacial score (nSPS) is 15.1. The Labute approximate surface area is 116 Å². The first kappa shape index (κ1) is 11.4. The van der Waals surface area contributed by atoms with Crippen molar-refractivity contribution in [3.05, 3.63) is 70.3 Å². The highest BCUT2D eigenvalue weighted by Gasteiger charge is 2.38. The summed E-state index contributed by atoms with van der Waals surface area (Å²) in [5.41, 5.74) is 2.64. The molecule has 0 aliphatic carbocycles. The number of benzene rings is 2. The van der Waals surface area contributed by atoms with Crippen molar-refractivity contribution in [2.45, 2.75) is 19.3 Å². The van der Waals surface area contributed by atoms with Crippen LogP contribution in [-0.2, 0) is 5.41 Å². The molecule has 2 aromatic carbocycles. The summed E-state index contributed by atoms with van der Waals surface area (Å²) < 4.78 is 1.76. The van der Waals surface area contributed by atoms with Gasteiger partial charge in [-0.1, -0.05) is 30.3 Å². The third kappa shape index (κ3) is 1.24. The van der Waals surface area contributed by atoms with E-state index in [1.54, 1.807) is 4.57 Å². The molecule has 0 unspecified atom stereocenters. The molecule has 0 fully saturated rings. The molecule has 1 aliphatic rings. The minimum Gasteiger partial charge on any atom is -0.268 e. The van der Waals surface area contributed by atoms with Gasteiger partial charge in [0.15, 0.2) is 0 Å². The summed E-state index contributed by atoms with van der Waals surface area (Å²) in [4.78, 5) is 17.5. The molecule has 1 aromatic heterocycles. The second-order valence-electron chi connectivity index (χ2n) is 5.74. The van der Waals surface area contributed by atoms with E-state index in [-0.39, 0.29) is 11.0 Å². The summed E-state index contributed by atoms with van der Waals surface area (Å²) in [7, 11) is 0. The smallest absolute Gasteiger partial charge is 0.266 e. The van der Waals surface area contributed by atoms with Crippen molar-refractivity contribution in [3.8, 4) is 5.69 Å². The van der Waals surface area contributed by atoms with Gasteiger partial charge in [-0.15, -0.1) is 0 Å². The fraction of sp³-hybridized carbons (Fsp3) is 0.176. The van der Waals surface area contributed by atoms with Crippen molar-refractivity contribution in [2.75, 3.05) is 0 Å². The van der Waals surface area contributed by atoms with Crippen LogP contribution in [0.15, 0.2) is 53.3 Å². The molecular formula is C17H14N2O. The van der Waals surface area contributed by atoms with E-state index >= 15 is 0 Å². The second kappa shape index (κ2) is 3.57. The van der Waals surface area contributed by atoms with Gasteiger partial charge in [-0.3, -0.25) is 9.36 Å².